The average molecular weight is 540 g/mol. The molecule has 2 aliphatic rings. The van der Waals surface area contributed by atoms with Crippen molar-refractivity contribution in [3.63, 3.8) is 0 Å². The number of nitrogens with zero attached hydrogens (tertiary/aromatic N) is 6. The van der Waals surface area contributed by atoms with Gasteiger partial charge in [0.25, 0.3) is 0 Å². The molecule has 6 rings (SSSR count). The lowest BCUT2D eigenvalue weighted by atomic mass is 10.00. The van der Waals surface area contributed by atoms with Crippen molar-refractivity contribution in [1.82, 2.24) is 18.7 Å². The molecule has 4 aromatic rings. The Hall–Kier alpha value is -4.29. The Morgan fingerprint density at radius 1 is 1.00 bits per heavy atom. The molecule has 11 heteroatoms. The molecule has 10 nitrogen and oxygen atoms in total. The lowest BCUT2D eigenvalue weighted by Gasteiger charge is -2.35. The number of aliphatic hydroxyl groups excluding tert-OH is 1. The maximum atomic E-state index is 13.3. The first-order valence-corrected chi connectivity index (χ1v) is 14.1. The number of sulfonamides is 1. The summed E-state index contributed by atoms with van der Waals surface area (Å²) in [4.78, 5) is 8.75. The van der Waals surface area contributed by atoms with Crippen LogP contribution >= 0.6 is 0 Å². The van der Waals surface area contributed by atoms with Crippen molar-refractivity contribution >= 4 is 21.5 Å². The number of rotatable bonds is 6. The molecule has 1 aliphatic carbocycles. The molecule has 3 aromatic heterocycles. The number of aromatic nitrogens is 3. The summed E-state index contributed by atoms with van der Waals surface area (Å²) in [6, 6.07) is 18.1. The van der Waals surface area contributed by atoms with Crippen molar-refractivity contribution in [3.8, 4) is 23.3 Å². The van der Waals surface area contributed by atoms with E-state index < -0.39 is 21.5 Å². The van der Waals surface area contributed by atoms with Gasteiger partial charge in [-0.3, -0.25) is 4.40 Å². The fourth-order valence-corrected chi connectivity index (χ4v) is 6.51. The van der Waals surface area contributed by atoms with E-state index in [4.69, 9.17) is 0 Å². The molecule has 0 unspecified atom stereocenters. The summed E-state index contributed by atoms with van der Waals surface area (Å²) in [6.07, 6.45) is 6.19. The maximum Gasteiger partial charge on any atom is 0.243 e. The van der Waals surface area contributed by atoms with Crippen LogP contribution in [-0.4, -0.2) is 57.4 Å². The summed E-state index contributed by atoms with van der Waals surface area (Å²) in [7, 11) is -3.80. The fourth-order valence-electron chi connectivity index (χ4n) is 5.03. The first kappa shape index (κ1) is 25.0. The minimum Gasteiger partial charge on any atom is -0.390 e. The molecule has 0 radical (unpaired) electrons. The monoisotopic (exact) mass is 539 g/mol. The minimum absolute atomic E-state index is 0.0361. The summed E-state index contributed by atoms with van der Waals surface area (Å²) in [6.45, 7) is 0.217. The standard InChI is InChI=1S/C28H25N7O3S/c29-13-22-15-32-27-8-3-20(16-35(22)27)19-1-5-23(6-2-19)39(37,38)34-12-9-24(25(36)17-34)33-26-7-4-21(14-31-26)28(18-30)10-11-28/h1-8,14-16,24-25,36H,9-12,17H2,(H,31,33)/t24-,25+/m1/s1. The van der Waals surface area contributed by atoms with Crippen LogP contribution in [0.2, 0.25) is 0 Å². The second-order valence-corrected chi connectivity index (χ2v) is 12.0. The molecule has 2 N–H and O–H groups in total. The highest BCUT2D eigenvalue weighted by molar-refractivity contribution is 7.89. The quantitative estimate of drug-likeness (QED) is 0.380. The Bertz CT molecular complexity index is 1730. The third-order valence-corrected chi connectivity index (χ3v) is 9.48. The molecule has 0 spiro atoms. The maximum absolute atomic E-state index is 13.3. The third kappa shape index (κ3) is 4.51. The molecule has 2 fully saturated rings. The van der Waals surface area contributed by atoms with E-state index in [0.29, 0.717) is 23.6 Å². The number of nitriles is 2. The number of hydrogen-bond acceptors (Lipinski definition) is 8. The molecule has 1 saturated heterocycles. The van der Waals surface area contributed by atoms with E-state index in [0.717, 1.165) is 29.5 Å². The molecular formula is C28H25N7O3S. The van der Waals surface area contributed by atoms with Gasteiger partial charge in [-0.05, 0) is 66.3 Å². The summed E-state index contributed by atoms with van der Waals surface area (Å²) in [5, 5.41) is 32.6. The Kier molecular flexibility index (Phi) is 6.07. The highest BCUT2D eigenvalue weighted by atomic mass is 32.2. The number of piperidine rings is 1. The smallest absolute Gasteiger partial charge is 0.243 e. The number of anilines is 1. The zero-order valence-electron chi connectivity index (χ0n) is 20.9. The molecule has 1 aliphatic heterocycles. The lowest BCUT2D eigenvalue weighted by Crippen LogP contribution is -2.51. The number of hydrogen-bond donors (Lipinski definition) is 2. The molecule has 196 valence electrons. The van der Waals surface area contributed by atoms with Crippen LogP contribution < -0.4 is 5.32 Å². The van der Waals surface area contributed by atoms with E-state index in [9.17, 15) is 24.0 Å². The zero-order valence-corrected chi connectivity index (χ0v) is 21.7. The normalized spacial score (nSPS) is 20.7. The van der Waals surface area contributed by atoms with Crippen molar-refractivity contribution < 1.29 is 13.5 Å². The molecule has 0 bridgehead atoms. The molecule has 0 amide bonds. The largest absolute Gasteiger partial charge is 0.390 e. The predicted molar refractivity (Wildman–Crippen MR) is 143 cm³/mol. The van der Waals surface area contributed by atoms with E-state index >= 15 is 0 Å². The van der Waals surface area contributed by atoms with Gasteiger partial charge in [-0.1, -0.05) is 18.2 Å². The van der Waals surface area contributed by atoms with Gasteiger partial charge >= 0.3 is 0 Å². The Labute approximate surface area is 225 Å². The van der Waals surface area contributed by atoms with Gasteiger partial charge in [0.1, 0.15) is 23.2 Å². The van der Waals surface area contributed by atoms with Crippen molar-refractivity contribution in [2.24, 2.45) is 0 Å². The summed E-state index contributed by atoms with van der Waals surface area (Å²) in [5.41, 5.74) is 3.20. The van der Waals surface area contributed by atoms with E-state index in [1.807, 2.05) is 12.1 Å². The Balaban J connectivity index is 1.12. The van der Waals surface area contributed by atoms with Crippen LogP contribution in [0.3, 0.4) is 0 Å². The highest BCUT2D eigenvalue weighted by Gasteiger charge is 2.45. The average Bonchev–Trinajstić information content (AvgIpc) is 3.66. The molecular weight excluding hydrogens is 514 g/mol. The van der Waals surface area contributed by atoms with Gasteiger partial charge in [-0.2, -0.15) is 14.8 Å². The predicted octanol–water partition coefficient (Wildman–Crippen LogP) is 3.06. The number of imidazole rings is 1. The van der Waals surface area contributed by atoms with Gasteiger partial charge in [0.05, 0.1) is 34.7 Å². The summed E-state index contributed by atoms with van der Waals surface area (Å²) in [5.74, 6) is 0.583. The van der Waals surface area contributed by atoms with Crippen molar-refractivity contribution in [3.05, 3.63) is 78.4 Å². The molecule has 1 aromatic carbocycles. The van der Waals surface area contributed by atoms with Crippen LogP contribution in [0.5, 0.6) is 0 Å². The van der Waals surface area contributed by atoms with E-state index in [-0.39, 0.29) is 24.0 Å². The Morgan fingerprint density at radius 2 is 1.77 bits per heavy atom. The van der Waals surface area contributed by atoms with Crippen LogP contribution in [0, 0.1) is 22.7 Å². The molecule has 4 heterocycles. The van der Waals surface area contributed by atoms with Crippen LogP contribution in [0.4, 0.5) is 5.82 Å². The van der Waals surface area contributed by atoms with Crippen molar-refractivity contribution in [2.45, 2.75) is 41.7 Å². The van der Waals surface area contributed by atoms with Gasteiger partial charge in [0.2, 0.25) is 10.0 Å². The van der Waals surface area contributed by atoms with Gasteiger partial charge < -0.3 is 10.4 Å². The van der Waals surface area contributed by atoms with Gasteiger partial charge in [0.15, 0.2) is 0 Å². The van der Waals surface area contributed by atoms with Crippen molar-refractivity contribution in [2.75, 3.05) is 18.4 Å². The SMILES string of the molecule is N#Cc1cnc2ccc(-c3ccc(S(=O)(=O)N4CC[C@@H](Nc5ccc(C6(C#N)CC6)cn5)[C@@H](O)C4)cc3)cn12. The first-order chi connectivity index (χ1) is 18.8. The molecule has 39 heavy (non-hydrogen) atoms. The summed E-state index contributed by atoms with van der Waals surface area (Å²) < 4.78 is 29.7. The summed E-state index contributed by atoms with van der Waals surface area (Å²) >= 11 is 0. The number of fused-ring (bicyclic) bond motifs is 1. The minimum atomic E-state index is -3.80. The van der Waals surface area contributed by atoms with Crippen LogP contribution in [-0.2, 0) is 15.4 Å². The van der Waals surface area contributed by atoms with Gasteiger partial charge in [-0.25, -0.2) is 18.4 Å². The third-order valence-electron chi connectivity index (χ3n) is 7.60. The van der Waals surface area contributed by atoms with E-state index in [1.165, 1.54) is 10.5 Å². The number of nitrogens with one attached hydrogen (secondary N) is 1. The van der Waals surface area contributed by atoms with E-state index in [1.54, 1.807) is 53.2 Å². The number of β-amino-alcohol motifs (C(OH)–C–C–N with tert-alkyl or cyclic N) is 1. The molecule has 2 atom stereocenters. The van der Waals surface area contributed by atoms with Crippen LogP contribution in [0.1, 0.15) is 30.5 Å². The van der Waals surface area contributed by atoms with Crippen LogP contribution in [0.25, 0.3) is 16.8 Å². The van der Waals surface area contributed by atoms with Gasteiger partial charge in [0, 0.05) is 25.5 Å². The first-order valence-electron chi connectivity index (χ1n) is 12.6. The number of aliphatic hydroxyl groups is 1. The molecule has 1 saturated carbocycles. The van der Waals surface area contributed by atoms with Crippen LogP contribution in [0.15, 0.2) is 72.0 Å². The van der Waals surface area contributed by atoms with E-state index in [2.05, 4.69) is 27.4 Å². The second kappa shape index (κ2) is 9.47. The Morgan fingerprint density at radius 3 is 2.41 bits per heavy atom. The zero-order chi connectivity index (χ0) is 27.2. The van der Waals surface area contributed by atoms with Crippen molar-refractivity contribution in [1.29, 1.82) is 10.5 Å². The highest BCUT2D eigenvalue weighted by Crippen LogP contribution is 2.47. The number of pyridine rings is 2. The second-order valence-electron chi connectivity index (χ2n) is 10.0. The van der Waals surface area contributed by atoms with Gasteiger partial charge in [-0.15, -0.1) is 0 Å². The lowest BCUT2D eigenvalue weighted by molar-refractivity contribution is 0.0949. The topological polar surface area (TPSA) is 147 Å². The fraction of sp³-hybridized carbons (Fsp3) is 0.286. The number of benzene rings is 1.